The topological polar surface area (TPSA) is 96.2 Å². The van der Waals surface area contributed by atoms with Crippen molar-refractivity contribution in [3.63, 3.8) is 0 Å². The lowest BCUT2D eigenvalue weighted by Gasteiger charge is -2.23. The van der Waals surface area contributed by atoms with Crippen LogP contribution in [0.1, 0.15) is 35.8 Å². The molecule has 0 radical (unpaired) electrons. The maximum Gasteiger partial charge on any atom is 0.258 e. The van der Waals surface area contributed by atoms with Crippen LogP contribution in [0.25, 0.3) is 10.9 Å². The molecule has 0 fully saturated rings. The second-order valence-electron chi connectivity index (χ2n) is 7.07. The summed E-state index contributed by atoms with van der Waals surface area (Å²) in [5.74, 6) is 0.703. The summed E-state index contributed by atoms with van der Waals surface area (Å²) >= 11 is 0. The molecule has 4 rings (SSSR count). The molecule has 1 amide bonds. The van der Waals surface area contributed by atoms with E-state index < -0.39 is 0 Å². The van der Waals surface area contributed by atoms with E-state index in [-0.39, 0.29) is 29.7 Å². The summed E-state index contributed by atoms with van der Waals surface area (Å²) in [5, 5.41) is 4.16. The molecule has 0 aliphatic heterocycles. The lowest BCUT2D eigenvalue weighted by atomic mass is 9.91. The second kappa shape index (κ2) is 7.42. The summed E-state index contributed by atoms with van der Waals surface area (Å²) < 4.78 is 10.7. The Morgan fingerprint density at radius 2 is 2.18 bits per heavy atom. The standard InChI is InChI=1S/C21H23N3O4/c1-12-8-18(25)19(10-22-12)28-11-20(26)23-17-5-3-4-14-15-9-13(27-2)6-7-16(15)24-21(14)17/h6-10,17,24H,3-5,11H2,1-2H3,(H,22,25)(H,23,26)/t17-/m0/s1. The van der Waals surface area contributed by atoms with Crippen molar-refractivity contribution in [1.82, 2.24) is 15.3 Å². The average Bonchev–Trinajstić information content (AvgIpc) is 3.06. The number of aromatic nitrogens is 2. The summed E-state index contributed by atoms with van der Waals surface area (Å²) in [6, 6.07) is 7.29. The molecule has 2 aromatic heterocycles. The fourth-order valence-corrected chi connectivity index (χ4v) is 3.77. The second-order valence-corrected chi connectivity index (χ2v) is 7.07. The van der Waals surface area contributed by atoms with E-state index in [2.05, 4.69) is 15.3 Å². The van der Waals surface area contributed by atoms with Gasteiger partial charge in [0.15, 0.2) is 12.4 Å². The van der Waals surface area contributed by atoms with Crippen LogP contribution in [0.4, 0.5) is 0 Å². The Morgan fingerprint density at radius 3 is 2.96 bits per heavy atom. The SMILES string of the molecule is COc1ccc2[nH]c3c(c2c1)CCC[C@@H]3NC(=O)COc1c[nH]c(C)cc1=O. The molecule has 1 aromatic carbocycles. The van der Waals surface area contributed by atoms with Crippen LogP contribution < -0.4 is 20.2 Å². The molecule has 146 valence electrons. The number of nitrogens with one attached hydrogen (secondary N) is 3. The molecule has 3 aromatic rings. The van der Waals surface area contributed by atoms with E-state index in [4.69, 9.17) is 9.47 Å². The van der Waals surface area contributed by atoms with E-state index >= 15 is 0 Å². The molecular weight excluding hydrogens is 358 g/mol. The van der Waals surface area contributed by atoms with E-state index in [0.29, 0.717) is 0 Å². The van der Waals surface area contributed by atoms with Gasteiger partial charge in [-0.1, -0.05) is 0 Å². The van der Waals surface area contributed by atoms with Crippen molar-refractivity contribution in [1.29, 1.82) is 0 Å². The number of methoxy groups -OCH3 is 1. The molecule has 28 heavy (non-hydrogen) atoms. The van der Waals surface area contributed by atoms with E-state index in [0.717, 1.165) is 47.3 Å². The first-order chi connectivity index (χ1) is 13.5. The van der Waals surface area contributed by atoms with Crippen LogP contribution in [0.15, 0.2) is 35.3 Å². The molecule has 0 bridgehead atoms. The number of ether oxygens (including phenoxy) is 2. The number of carbonyl (C=O) groups excluding carboxylic acids is 1. The molecule has 7 nitrogen and oxygen atoms in total. The average molecular weight is 381 g/mol. The van der Waals surface area contributed by atoms with Crippen molar-refractivity contribution in [2.75, 3.05) is 13.7 Å². The van der Waals surface area contributed by atoms with Crippen LogP contribution in [0.2, 0.25) is 0 Å². The predicted molar refractivity (Wildman–Crippen MR) is 106 cm³/mol. The lowest BCUT2D eigenvalue weighted by Crippen LogP contribution is -2.34. The minimum Gasteiger partial charge on any atom is -0.497 e. The number of H-pyrrole nitrogens is 2. The van der Waals surface area contributed by atoms with E-state index in [9.17, 15) is 9.59 Å². The van der Waals surface area contributed by atoms with Crippen molar-refractivity contribution >= 4 is 16.8 Å². The zero-order chi connectivity index (χ0) is 19.7. The Labute approximate surface area is 162 Å². The number of hydrogen-bond donors (Lipinski definition) is 3. The van der Waals surface area contributed by atoms with Gasteiger partial charge in [-0.25, -0.2) is 0 Å². The highest BCUT2D eigenvalue weighted by Gasteiger charge is 2.26. The zero-order valence-electron chi connectivity index (χ0n) is 15.9. The Kier molecular flexibility index (Phi) is 4.81. The monoisotopic (exact) mass is 381 g/mol. The largest absolute Gasteiger partial charge is 0.497 e. The van der Waals surface area contributed by atoms with Crippen molar-refractivity contribution in [3.05, 3.63) is 57.6 Å². The Hall–Kier alpha value is -3.22. The normalized spacial score (nSPS) is 15.9. The van der Waals surface area contributed by atoms with Gasteiger partial charge in [-0.2, -0.15) is 0 Å². The van der Waals surface area contributed by atoms with Crippen molar-refractivity contribution in [3.8, 4) is 11.5 Å². The van der Waals surface area contributed by atoms with E-state index in [1.54, 1.807) is 14.0 Å². The van der Waals surface area contributed by atoms with Gasteiger partial charge in [0.25, 0.3) is 5.91 Å². The van der Waals surface area contributed by atoms with Crippen LogP contribution in [-0.2, 0) is 11.2 Å². The molecular formula is C21H23N3O4. The number of fused-ring (bicyclic) bond motifs is 3. The summed E-state index contributed by atoms with van der Waals surface area (Å²) in [6.45, 7) is 1.58. The number of pyridine rings is 1. The smallest absolute Gasteiger partial charge is 0.258 e. The van der Waals surface area contributed by atoms with Gasteiger partial charge >= 0.3 is 0 Å². The number of carbonyl (C=O) groups is 1. The fraction of sp³-hybridized carbons (Fsp3) is 0.333. The molecule has 0 unspecified atom stereocenters. The number of hydrogen-bond acceptors (Lipinski definition) is 4. The van der Waals surface area contributed by atoms with Gasteiger partial charge in [-0.15, -0.1) is 0 Å². The number of benzene rings is 1. The molecule has 3 N–H and O–H groups in total. The molecule has 0 saturated carbocycles. The number of aromatic amines is 2. The minimum absolute atomic E-state index is 0.102. The van der Waals surface area contributed by atoms with Gasteiger partial charge in [0.1, 0.15) is 5.75 Å². The van der Waals surface area contributed by atoms with Crippen LogP contribution in [0.3, 0.4) is 0 Å². The lowest BCUT2D eigenvalue weighted by molar-refractivity contribution is -0.124. The van der Waals surface area contributed by atoms with E-state index in [1.807, 2.05) is 18.2 Å². The number of aryl methyl sites for hydroxylation is 2. The van der Waals surface area contributed by atoms with Gasteiger partial charge in [0.2, 0.25) is 5.43 Å². The zero-order valence-corrected chi connectivity index (χ0v) is 15.9. The highest BCUT2D eigenvalue weighted by Crippen LogP contribution is 2.36. The van der Waals surface area contributed by atoms with Crippen LogP contribution in [0.5, 0.6) is 11.5 Å². The van der Waals surface area contributed by atoms with E-state index in [1.165, 1.54) is 17.8 Å². The third-order valence-electron chi connectivity index (χ3n) is 5.13. The Morgan fingerprint density at radius 1 is 1.32 bits per heavy atom. The molecule has 1 aliphatic rings. The number of amides is 1. The van der Waals surface area contributed by atoms with Crippen molar-refractivity contribution in [2.24, 2.45) is 0 Å². The Balaban J connectivity index is 1.48. The maximum absolute atomic E-state index is 12.4. The van der Waals surface area contributed by atoms with Gasteiger partial charge in [0, 0.05) is 34.6 Å². The first-order valence-electron chi connectivity index (χ1n) is 9.35. The fourth-order valence-electron chi connectivity index (χ4n) is 3.77. The summed E-state index contributed by atoms with van der Waals surface area (Å²) in [7, 11) is 1.66. The molecule has 1 aliphatic carbocycles. The van der Waals surface area contributed by atoms with Crippen molar-refractivity contribution < 1.29 is 14.3 Å². The third kappa shape index (κ3) is 3.47. The van der Waals surface area contributed by atoms with Gasteiger partial charge in [-0.05, 0) is 49.9 Å². The molecule has 0 spiro atoms. The molecule has 1 atom stereocenters. The van der Waals surface area contributed by atoms with Crippen molar-refractivity contribution in [2.45, 2.75) is 32.2 Å². The minimum atomic E-state index is -0.255. The van der Waals surface area contributed by atoms with Crippen LogP contribution in [0, 0.1) is 6.92 Å². The van der Waals surface area contributed by atoms with Crippen LogP contribution in [-0.4, -0.2) is 29.6 Å². The summed E-state index contributed by atoms with van der Waals surface area (Å²) in [5.41, 5.74) is 3.80. The van der Waals surface area contributed by atoms with Crippen LogP contribution >= 0.6 is 0 Å². The summed E-state index contributed by atoms with van der Waals surface area (Å²) in [4.78, 5) is 30.6. The molecule has 0 saturated heterocycles. The maximum atomic E-state index is 12.4. The number of rotatable bonds is 5. The Bertz CT molecular complexity index is 1080. The quantitative estimate of drug-likeness (QED) is 0.633. The first-order valence-corrected chi connectivity index (χ1v) is 9.35. The summed E-state index contributed by atoms with van der Waals surface area (Å²) in [6.07, 6.45) is 4.28. The van der Waals surface area contributed by atoms with Gasteiger partial charge in [-0.3, -0.25) is 9.59 Å². The molecule has 7 heteroatoms. The van der Waals surface area contributed by atoms with Gasteiger partial charge in [0.05, 0.1) is 13.2 Å². The third-order valence-corrected chi connectivity index (χ3v) is 5.13. The highest BCUT2D eigenvalue weighted by atomic mass is 16.5. The predicted octanol–water partition coefficient (Wildman–Crippen LogP) is 2.75. The molecule has 2 heterocycles. The highest BCUT2D eigenvalue weighted by molar-refractivity contribution is 5.87. The van der Waals surface area contributed by atoms with Gasteiger partial charge < -0.3 is 24.8 Å². The first kappa shape index (κ1) is 18.2.